The third-order valence-electron chi connectivity index (χ3n) is 3.30. The number of nitrogens with zero attached hydrogens (tertiary/aromatic N) is 2. The maximum Gasteiger partial charge on any atom is 0.218 e. The van der Waals surface area contributed by atoms with Crippen LogP contribution in [0.1, 0.15) is 15.3 Å². The van der Waals surface area contributed by atoms with E-state index in [-0.39, 0.29) is 0 Å². The smallest absolute Gasteiger partial charge is 0.218 e. The first-order chi connectivity index (χ1) is 9.65. The molecule has 0 N–H and O–H groups in total. The first kappa shape index (κ1) is 12.3. The minimum Gasteiger partial charge on any atom is -0.235 e. The first-order valence-electron chi connectivity index (χ1n) is 5.80. The summed E-state index contributed by atoms with van der Waals surface area (Å²) in [6.45, 7) is 11.4. The predicted octanol–water partition coefficient (Wildman–Crippen LogP) is 6.43. The van der Waals surface area contributed by atoms with Gasteiger partial charge in [0, 0.05) is 9.75 Å². The van der Waals surface area contributed by atoms with Crippen molar-refractivity contribution in [1.29, 1.82) is 5.26 Å². The number of nitriles is 1. The van der Waals surface area contributed by atoms with Gasteiger partial charge in [0.25, 0.3) is 0 Å². The zero-order chi connectivity index (χ0) is 14.0. The van der Waals surface area contributed by atoms with E-state index in [1.807, 2.05) is 13.8 Å². The van der Waals surface area contributed by atoms with Crippen molar-refractivity contribution in [3.63, 3.8) is 0 Å². The summed E-state index contributed by atoms with van der Waals surface area (Å²) in [5.74, 6) is 0. The van der Waals surface area contributed by atoms with Gasteiger partial charge in [0.15, 0.2) is 0 Å². The van der Waals surface area contributed by atoms with Crippen LogP contribution in [0.15, 0.2) is 0 Å². The predicted molar refractivity (Wildman–Crippen MR) is 90.9 cm³/mol. The molecule has 4 rings (SSSR count). The average molecular weight is 330 g/mol. The molecule has 0 aromatic carbocycles. The molecule has 20 heavy (non-hydrogen) atoms. The Kier molecular flexibility index (Phi) is 2.48. The molecule has 96 valence electrons. The number of aryl methyl sites for hydroxylation is 2. The van der Waals surface area contributed by atoms with Crippen LogP contribution >= 0.6 is 45.3 Å². The van der Waals surface area contributed by atoms with Gasteiger partial charge in [-0.25, -0.2) is 4.85 Å². The Hall–Kier alpha value is -1.44. The topological polar surface area (TPSA) is 28.1 Å². The van der Waals surface area contributed by atoms with Crippen molar-refractivity contribution in [3.8, 4) is 6.07 Å². The minimum absolute atomic E-state index is 0.806. The summed E-state index contributed by atoms with van der Waals surface area (Å²) in [4.78, 5) is 5.86. The molecule has 2 nitrogen and oxygen atoms in total. The lowest BCUT2D eigenvalue weighted by Gasteiger charge is -1.83. The van der Waals surface area contributed by atoms with E-state index in [9.17, 15) is 5.26 Å². The molecule has 0 saturated carbocycles. The number of hydrogen-bond acceptors (Lipinski definition) is 5. The van der Waals surface area contributed by atoms with Crippen molar-refractivity contribution in [1.82, 2.24) is 0 Å². The van der Waals surface area contributed by atoms with Crippen LogP contribution in [0.25, 0.3) is 33.0 Å². The minimum atomic E-state index is 0.806. The lowest BCUT2D eigenvalue weighted by atomic mass is 10.3. The Labute approximate surface area is 130 Å². The number of hydrogen-bond donors (Lipinski definition) is 0. The van der Waals surface area contributed by atoms with Crippen LogP contribution in [0.4, 0.5) is 5.69 Å². The zero-order valence-corrected chi connectivity index (χ0v) is 13.8. The van der Waals surface area contributed by atoms with E-state index in [4.69, 9.17) is 6.57 Å². The molecule has 6 heteroatoms. The van der Waals surface area contributed by atoms with Crippen LogP contribution in [0.2, 0.25) is 0 Å². The fourth-order valence-corrected chi connectivity index (χ4v) is 8.08. The average Bonchev–Trinajstić information content (AvgIpc) is 3.07. The van der Waals surface area contributed by atoms with Gasteiger partial charge in [-0.15, -0.1) is 34.0 Å². The quantitative estimate of drug-likeness (QED) is 0.341. The third-order valence-corrected chi connectivity index (χ3v) is 8.62. The summed E-state index contributed by atoms with van der Waals surface area (Å²) >= 11 is 6.82. The van der Waals surface area contributed by atoms with Gasteiger partial charge in [-0.3, -0.25) is 0 Å². The summed E-state index contributed by atoms with van der Waals surface area (Å²) in [6.07, 6.45) is 0. The summed E-state index contributed by atoms with van der Waals surface area (Å²) in [6, 6.07) is 2.33. The molecule has 0 spiro atoms. The van der Waals surface area contributed by atoms with Crippen molar-refractivity contribution in [3.05, 3.63) is 26.7 Å². The molecule has 4 aromatic rings. The SMILES string of the molecule is [C-]#[N+]c1c(C)sc2c1sc1c3sc(C)c(C#N)c3sc21. The molecule has 0 unspecified atom stereocenters. The summed E-state index contributed by atoms with van der Waals surface area (Å²) in [7, 11) is 0. The van der Waals surface area contributed by atoms with E-state index < -0.39 is 0 Å². The lowest BCUT2D eigenvalue weighted by molar-refractivity contribution is 1.49. The van der Waals surface area contributed by atoms with Gasteiger partial charge >= 0.3 is 0 Å². The summed E-state index contributed by atoms with van der Waals surface area (Å²) in [5, 5.41) is 9.30. The Bertz CT molecular complexity index is 1000. The molecule has 0 bridgehead atoms. The van der Waals surface area contributed by atoms with Crippen LogP contribution in [0, 0.1) is 31.8 Å². The standard InChI is InChI=1S/C14H6N2S4/c1-5-7(4-15)9-11(17-5)13-14(19-9)12-10(20-13)8(16-3)6(2)18-12/h1-2H3. The van der Waals surface area contributed by atoms with Crippen molar-refractivity contribution >= 4 is 79.2 Å². The normalized spacial score (nSPS) is 11.4. The van der Waals surface area contributed by atoms with Crippen molar-refractivity contribution in [2.75, 3.05) is 0 Å². The second kappa shape index (κ2) is 4.03. The molecule has 0 amide bonds. The molecule has 0 fully saturated rings. The van der Waals surface area contributed by atoms with Crippen LogP contribution in [0.3, 0.4) is 0 Å². The lowest BCUT2D eigenvalue weighted by Crippen LogP contribution is -1.68. The van der Waals surface area contributed by atoms with Crippen molar-refractivity contribution in [2.24, 2.45) is 0 Å². The molecular formula is C14H6N2S4. The summed E-state index contributed by atoms with van der Waals surface area (Å²) < 4.78 is 7.20. The molecule has 0 aliphatic heterocycles. The van der Waals surface area contributed by atoms with Gasteiger partial charge < -0.3 is 0 Å². The maximum atomic E-state index is 9.30. The van der Waals surface area contributed by atoms with E-state index >= 15 is 0 Å². The highest BCUT2D eigenvalue weighted by molar-refractivity contribution is 7.45. The molecule has 4 aromatic heterocycles. The number of fused-ring (bicyclic) bond motifs is 5. The Balaban J connectivity index is 2.24. The van der Waals surface area contributed by atoms with Gasteiger partial charge in [0.1, 0.15) is 6.07 Å². The summed E-state index contributed by atoms with van der Waals surface area (Å²) in [5.41, 5.74) is 1.63. The highest BCUT2D eigenvalue weighted by Crippen LogP contribution is 2.53. The van der Waals surface area contributed by atoms with E-state index in [0.29, 0.717) is 0 Å². The van der Waals surface area contributed by atoms with Crippen molar-refractivity contribution < 1.29 is 0 Å². The number of rotatable bonds is 0. The van der Waals surface area contributed by atoms with E-state index in [2.05, 4.69) is 10.9 Å². The van der Waals surface area contributed by atoms with E-state index in [1.54, 1.807) is 45.3 Å². The Morgan fingerprint density at radius 1 is 0.850 bits per heavy atom. The molecular weight excluding hydrogens is 324 g/mol. The zero-order valence-electron chi connectivity index (χ0n) is 10.5. The molecule has 0 aliphatic carbocycles. The van der Waals surface area contributed by atoms with Gasteiger partial charge in [0.2, 0.25) is 5.69 Å². The number of thiophene rings is 4. The first-order valence-corrected chi connectivity index (χ1v) is 9.07. The molecule has 4 heterocycles. The Morgan fingerprint density at radius 3 is 2.05 bits per heavy atom. The van der Waals surface area contributed by atoms with Gasteiger partial charge in [-0.1, -0.05) is 0 Å². The van der Waals surface area contributed by atoms with E-state index in [0.717, 1.165) is 30.4 Å². The second-order valence-electron chi connectivity index (χ2n) is 4.44. The van der Waals surface area contributed by atoms with Gasteiger partial charge in [-0.2, -0.15) is 16.6 Å². The highest BCUT2D eigenvalue weighted by Gasteiger charge is 2.21. The highest BCUT2D eigenvalue weighted by atomic mass is 32.1. The molecule has 0 aliphatic rings. The van der Waals surface area contributed by atoms with E-state index in [1.165, 1.54) is 18.8 Å². The monoisotopic (exact) mass is 330 g/mol. The van der Waals surface area contributed by atoms with Crippen molar-refractivity contribution in [2.45, 2.75) is 13.8 Å². The maximum absolute atomic E-state index is 9.30. The van der Waals surface area contributed by atoms with Gasteiger partial charge in [0.05, 0.1) is 40.3 Å². The third kappa shape index (κ3) is 1.35. The largest absolute Gasteiger partial charge is 0.235 e. The van der Waals surface area contributed by atoms with Crippen LogP contribution in [-0.2, 0) is 0 Å². The van der Waals surface area contributed by atoms with Crippen LogP contribution in [0.5, 0.6) is 0 Å². The molecule has 0 saturated heterocycles. The van der Waals surface area contributed by atoms with Gasteiger partial charge in [-0.05, 0) is 13.8 Å². The van der Waals surface area contributed by atoms with Crippen LogP contribution < -0.4 is 0 Å². The fraction of sp³-hybridized carbons (Fsp3) is 0.143. The molecule has 0 atom stereocenters. The Morgan fingerprint density at radius 2 is 1.40 bits per heavy atom. The fourth-order valence-electron chi connectivity index (χ4n) is 2.38. The molecule has 0 radical (unpaired) electrons. The second-order valence-corrected chi connectivity index (χ2v) is 8.93. The van der Waals surface area contributed by atoms with Crippen LogP contribution in [-0.4, -0.2) is 0 Å².